The number of rotatable bonds is 3. The summed E-state index contributed by atoms with van der Waals surface area (Å²) in [5.41, 5.74) is 1.86. The minimum absolute atomic E-state index is 0.693. The van der Waals surface area contributed by atoms with Gasteiger partial charge in [0.25, 0.3) is 0 Å². The number of nitrogens with zero attached hydrogens (tertiary/aromatic N) is 2. The number of nitrogens with one attached hydrogen (secondary N) is 1. The van der Waals surface area contributed by atoms with Crippen LogP contribution in [0.3, 0.4) is 0 Å². The monoisotopic (exact) mass is 189 g/mol. The first kappa shape index (κ1) is 8.90. The first-order valence-electron chi connectivity index (χ1n) is 4.41. The van der Waals surface area contributed by atoms with Gasteiger partial charge in [0.2, 0.25) is 0 Å². The van der Waals surface area contributed by atoms with Crippen LogP contribution in [0.4, 0.5) is 0 Å². The van der Waals surface area contributed by atoms with Crippen LogP contribution >= 0.6 is 0 Å². The van der Waals surface area contributed by atoms with Crippen molar-refractivity contribution in [3.05, 3.63) is 36.4 Å². The first-order valence-corrected chi connectivity index (χ1v) is 4.41. The van der Waals surface area contributed by atoms with Gasteiger partial charge in [-0.05, 0) is 19.2 Å². The molecule has 0 radical (unpaired) electrons. The predicted octanol–water partition coefficient (Wildman–Crippen LogP) is 1.46. The van der Waals surface area contributed by atoms with Crippen molar-refractivity contribution in [2.75, 3.05) is 7.05 Å². The molecule has 0 aliphatic carbocycles. The van der Waals surface area contributed by atoms with Gasteiger partial charge in [-0.25, -0.2) is 0 Å². The van der Waals surface area contributed by atoms with E-state index >= 15 is 0 Å². The van der Waals surface area contributed by atoms with Crippen LogP contribution in [0.2, 0.25) is 0 Å². The van der Waals surface area contributed by atoms with Gasteiger partial charge >= 0.3 is 0 Å². The lowest BCUT2D eigenvalue weighted by Gasteiger charge is -1.91. The minimum atomic E-state index is 0.693. The van der Waals surface area contributed by atoms with Crippen molar-refractivity contribution < 1.29 is 4.52 Å². The van der Waals surface area contributed by atoms with Gasteiger partial charge in [0, 0.05) is 24.0 Å². The van der Waals surface area contributed by atoms with E-state index in [4.69, 9.17) is 4.52 Å². The Labute approximate surface area is 82.0 Å². The second-order valence-electron chi connectivity index (χ2n) is 2.94. The average Bonchev–Trinajstić information content (AvgIpc) is 2.68. The predicted molar refractivity (Wildman–Crippen MR) is 52.5 cm³/mol. The molecule has 1 N–H and O–H groups in total. The smallest absolute Gasteiger partial charge is 0.151 e. The Balaban J connectivity index is 2.25. The molecule has 14 heavy (non-hydrogen) atoms. The fourth-order valence-corrected chi connectivity index (χ4v) is 1.23. The SMILES string of the molecule is CNCc1cc(-c2ccncc2)no1. The van der Waals surface area contributed by atoms with Crippen molar-refractivity contribution in [3.8, 4) is 11.3 Å². The first-order chi connectivity index (χ1) is 6.90. The normalized spacial score (nSPS) is 10.4. The van der Waals surface area contributed by atoms with Crippen molar-refractivity contribution in [2.45, 2.75) is 6.54 Å². The van der Waals surface area contributed by atoms with Crippen LogP contribution < -0.4 is 5.32 Å². The fraction of sp³-hybridized carbons (Fsp3) is 0.200. The molecule has 4 heteroatoms. The fourth-order valence-electron chi connectivity index (χ4n) is 1.23. The molecule has 0 bridgehead atoms. The van der Waals surface area contributed by atoms with Crippen molar-refractivity contribution in [2.24, 2.45) is 0 Å². The maximum absolute atomic E-state index is 5.13. The zero-order chi connectivity index (χ0) is 9.80. The molecule has 0 spiro atoms. The number of aromatic nitrogens is 2. The third kappa shape index (κ3) is 1.80. The highest BCUT2D eigenvalue weighted by atomic mass is 16.5. The number of hydrogen-bond donors (Lipinski definition) is 1. The van der Waals surface area contributed by atoms with Crippen LogP contribution in [0, 0.1) is 0 Å². The topological polar surface area (TPSA) is 51.0 Å². The van der Waals surface area contributed by atoms with Gasteiger partial charge < -0.3 is 9.84 Å². The molecule has 0 saturated heterocycles. The molecular formula is C10H11N3O. The maximum atomic E-state index is 5.13. The Morgan fingerprint density at radius 3 is 2.86 bits per heavy atom. The number of pyridine rings is 1. The molecule has 0 atom stereocenters. The van der Waals surface area contributed by atoms with E-state index in [0.29, 0.717) is 6.54 Å². The summed E-state index contributed by atoms with van der Waals surface area (Å²) in [7, 11) is 1.87. The highest BCUT2D eigenvalue weighted by Crippen LogP contribution is 2.17. The lowest BCUT2D eigenvalue weighted by atomic mass is 10.2. The molecule has 0 amide bonds. The van der Waals surface area contributed by atoms with Gasteiger partial charge in [0.05, 0.1) is 6.54 Å². The third-order valence-corrected chi connectivity index (χ3v) is 1.89. The number of hydrogen-bond acceptors (Lipinski definition) is 4. The van der Waals surface area contributed by atoms with Gasteiger partial charge in [-0.1, -0.05) is 5.16 Å². The molecule has 0 aromatic carbocycles. The summed E-state index contributed by atoms with van der Waals surface area (Å²) < 4.78 is 5.13. The van der Waals surface area contributed by atoms with Gasteiger partial charge in [-0.15, -0.1) is 0 Å². The molecule has 0 saturated carbocycles. The molecule has 2 aromatic rings. The van der Waals surface area contributed by atoms with Gasteiger partial charge in [-0.2, -0.15) is 0 Å². The molecule has 0 aliphatic rings. The summed E-state index contributed by atoms with van der Waals surface area (Å²) >= 11 is 0. The van der Waals surface area contributed by atoms with Crippen LogP contribution in [0.5, 0.6) is 0 Å². The highest BCUT2D eigenvalue weighted by molar-refractivity contribution is 5.57. The molecule has 0 aliphatic heterocycles. The van der Waals surface area contributed by atoms with Crippen LogP contribution in [0.25, 0.3) is 11.3 Å². The second kappa shape index (κ2) is 4.02. The molecule has 0 fully saturated rings. The summed E-state index contributed by atoms with van der Waals surface area (Å²) in [6.45, 7) is 0.693. The summed E-state index contributed by atoms with van der Waals surface area (Å²) in [5.74, 6) is 0.833. The molecule has 2 rings (SSSR count). The zero-order valence-corrected chi connectivity index (χ0v) is 7.90. The molecule has 2 aromatic heterocycles. The van der Waals surface area contributed by atoms with Crippen molar-refractivity contribution in [3.63, 3.8) is 0 Å². The summed E-state index contributed by atoms with van der Waals surface area (Å²) in [5, 5.41) is 6.96. The standard InChI is InChI=1S/C10H11N3O/c1-11-7-9-6-10(13-14-9)8-2-4-12-5-3-8/h2-6,11H,7H2,1H3. The van der Waals surface area contributed by atoms with Gasteiger partial charge in [-0.3, -0.25) is 4.98 Å². The minimum Gasteiger partial charge on any atom is -0.359 e. The summed E-state index contributed by atoms with van der Waals surface area (Å²) in [4.78, 5) is 3.94. The lowest BCUT2D eigenvalue weighted by Crippen LogP contribution is -2.03. The van der Waals surface area contributed by atoms with E-state index in [1.807, 2.05) is 25.2 Å². The van der Waals surface area contributed by atoms with Crippen LogP contribution in [0.15, 0.2) is 35.1 Å². The quantitative estimate of drug-likeness (QED) is 0.794. The van der Waals surface area contributed by atoms with Crippen molar-refractivity contribution in [1.82, 2.24) is 15.5 Å². The van der Waals surface area contributed by atoms with Crippen molar-refractivity contribution >= 4 is 0 Å². The van der Waals surface area contributed by atoms with Crippen LogP contribution in [-0.2, 0) is 6.54 Å². The van der Waals surface area contributed by atoms with Gasteiger partial charge in [0.15, 0.2) is 5.76 Å². The Morgan fingerprint density at radius 1 is 1.36 bits per heavy atom. The Hall–Kier alpha value is -1.68. The Kier molecular flexibility index (Phi) is 2.55. The largest absolute Gasteiger partial charge is 0.359 e. The second-order valence-corrected chi connectivity index (χ2v) is 2.94. The van der Waals surface area contributed by atoms with E-state index in [2.05, 4.69) is 15.5 Å². The van der Waals surface area contributed by atoms with Crippen LogP contribution in [-0.4, -0.2) is 17.2 Å². The Bertz CT molecular complexity index is 397. The van der Waals surface area contributed by atoms with E-state index < -0.39 is 0 Å². The van der Waals surface area contributed by atoms with E-state index in [1.54, 1.807) is 12.4 Å². The van der Waals surface area contributed by atoms with Gasteiger partial charge in [0.1, 0.15) is 5.69 Å². The summed E-state index contributed by atoms with van der Waals surface area (Å²) in [6, 6.07) is 5.73. The Morgan fingerprint density at radius 2 is 2.14 bits per heavy atom. The zero-order valence-electron chi connectivity index (χ0n) is 7.90. The van der Waals surface area contributed by atoms with Crippen molar-refractivity contribution in [1.29, 1.82) is 0 Å². The molecule has 2 heterocycles. The van der Waals surface area contributed by atoms with E-state index in [0.717, 1.165) is 17.0 Å². The highest BCUT2D eigenvalue weighted by Gasteiger charge is 2.04. The third-order valence-electron chi connectivity index (χ3n) is 1.89. The lowest BCUT2D eigenvalue weighted by molar-refractivity contribution is 0.379. The van der Waals surface area contributed by atoms with E-state index in [-0.39, 0.29) is 0 Å². The van der Waals surface area contributed by atoms with Crippen LogP contribution in [0.1, 0.15) is 5.76 Å². The average molecular weight is 189 g/mol. The van der Waals surface area contributed by atoms with E-state index in [9.17, 15) is 0 Å². The molecule has 0 unspecified atom stereocenters. The maximum Gasteiger partial charge on any atom is 0.151 e. The molecule has 72 valence electrons. The molecule has 4 nitrogen and oxygen atoms in total. The molecular weight excluding hydrogens is 178 g/mol. The summed E-state index contributed by atoms with van der Waals surface area (Å²) in [6.07, 6.45) is 3.48. The van der Waals surface area contributed by atoms with E-state index in [1.165, 1.54) is 0 Å².